The number of nitrogens with one attached hydrogen (secondary N) is 2. The van der Waals surface area contributed by atoms with Crippen molar-refractivity contribution in [2.75, 3.05) is 39.4 Å². The van der Waals surface area contributed by atoms with Crippen LogP contribution in [0.2, 0.25) is 0 Å². The minimum absolute atomic E-state index is 0.0241. The van der Waals surface area contributed by atoms with E-state index in [1.807, 2.05) is 27.7 Å². The molecule has 0 radical (unpaired) electrons. The highest BCUT2D eigenvalue weighted by Gasteiger charge is 2.38. The SMILES string of the molecule is C=C(CCCCCCCC(=O)O)OO.CC(COC(=O)CCCCCCCCC(=O)OCC(C)NC(=O)c1cccc(C(=O)N2CC2C)c1)NC(=O)c1cccc(C(=O)N2CC2C)c1.CC1CN1C(=O)c1cccc(C(=O)N2CC2C)c1. The summed E-state index contributed by atoms with van der Waals surface area (Å²) in [5, 5.41) is 22.2. The zero-order valence-corrected chi connectivity index (χ0v) is 48.5. The Morgan fingerprint density at radius 3 is 1.04 bits per heavy atom. The third-order valence-corrected chi connectivity index (χ3v) is 14.3. The molecule has 0 saturated carbocycles. The van der Waals surface area contributed by atoms with Crippen molar-refractivity contribution in [2.24, 2.45) is 0 Å². The molecule has 7 rings (SSSR count). The standard InChI is InChI=1S/C38H50N4O8.C14H16N2O2.C10H18O4/c1-25(39-35(45)29-13-11-15-31(19-29)37(47)41-21-27(41)3)23-49-33(43)17-9-7-5-6-8-10-18-34(44)50-24-26(2)40-36(46)30-14-12-16-32(20-30)38(48)42-22-28(42)4;1-9-7-15(9)13(17)11-4-3-5-12(6-11)14(18)16-8-10(16)2;1-9(14-13)7-5-3-2-4-6-8-10(11)12/h11-16,19-20,25-28H,5-10,17-18,21-24H2,1-4H3,(H,39,45)(H,40,46);3-6,9-10H,7-8H2,1-2H3;13H,1-8H2,(H,11,12). The summed E-state index contributed by atoms with van der Waals surface area (Å²) in [5.74, 6) is -1.76. The lowest BCUT2D eigenvalue weighted by Crippen LogP contribution is -2.36. The normalized spacial score (nSPS) is 17.7. The van der Waals surface area contributed by atoms with Crippen molar-refractivity contribution < 1.29 is 67.9 Å². The average molecular weight is 1140 g/mol. The highest BCUT2D eigenvalue weighted by atomic mass is 17.1. The van der Waals surface area contributed by atoms with Gasteiger partial charge < -0.3 is 49.7 Å². The molecular weight excluding hydrogens is 1050 g/mol. The smallest absolute Gasteiger partial charge is 0.305 e. The second kappa shape index (κ2) is 32.7. The molecule has 4 saturated heterocycles. The Morgan fingerprint density at radius 2 is 0.744 bits per heavy atom. The molecule has 3 aromatic carbocycles. The van der Waals surface area contributed by atoms with Gasteiger partial charge in [-0.05, 0) is 122 Å². The molecular formula is C62H84N6O14. The number of aliphatic carboxylic acids is 1. The number of carbonyl (C=O) groups is 9. The molecule has 0 aliphatic carbocycles. The molecule has 4 aliphatic heterocycles. The Balaban J connectivity index is 0.000000310. The van der Waals surface area contributed by atoms with Gasteiger partial charge in [0.25, 0.3) is 35.4 Å². The largest absolute Gasteiger partial charge is 0.481 e. The summed E-state index contributed by atoms with van der Waals surface area (Å²) < 4.78 is 10.7. The third kappa shape index (κ3) is 22.7. The van der Waals surface area contributed by atoms with E-state index < -0.39 is 5.97 Å². The molecule has 0 spiro atoms. The van der Waals surface area contributed by atoms with Crippen LogP contribution in [0.3, 0.4) is 0 Å². The third-order valence-electron chi connectivity index (χ3n) is 14.3. The quantitative estimate of drug-likeness (QED) is 0.0122. The van der Waals surface area contributed by atoms with Crippen molar-refractivity contribution in [1.29, 1.82) is 0 Å². The van der Waals surface area contributed by atoms with Crippen LogP contribution in [0.4, 0.5) is 0 Å². The van der Waals surface area contributed by atoms with Crippen LogP contribution in [0.25, 0.3) is 0 Å². The minimum Gasteiger partial charge on any atom is -0.481 e. The molecule has 20 heteroatoms. The van der Waals surface area contributed by atoms with Crippen LogP contribution in [0, 0.1) is 0 Å². The predicted octanol–water partition coefficient (Wildman–Crippen LogP) is 8.70. The molecule has 446 valence electrons. The fraction of sp³-hybridized carbons (Fsp3) is 0.532. The Hall–Kier alpha value is -7.61. The minimum atomic E-state index is -0.730. The van der Waals surface area contributed by atoms with Crippen LogP contribution < -0.4 is 10.6 Å². The van der Waals surface area contributed by atoms with Crippen LogP contribution in [-0.2, 0) is 28.7 Å². The molecule has 0 bridgehead atoms. The Bertz CT molecular complexity index is 2560. The summed E-state index contributed by atoms with van der Waals surface area (Å²) in [6.07, 6.45) is 11.1. The first-order chi connectivity index (χ1) is 39.2. The van der Waals surface area contributed by atoms with Crippen molar-refractivity contribution in [3.05, 3.63) is 119 Å². The Kier molecular flexibility index (Phi) is 26.0. The zero-order chi connectivity index (χ0) is 59.9. The highest BCUT2D eigenvalue weighted by Crippen LogP contribution is 2.25. The molecule has 6 unspecified atom stereocenters. The monoisotopic (exact) mass is 1140 g/mol. The van der Waals surface area contributed by atoms with Gasteiger partial charge in [0, 0.05) is 109 Å². The van der Waals surface area contributed by atoms with E-state index >= 15 is 0 Å². The van der Waals surface area contributed by atoms with E-state index in [9.17, 15) is 43.2 Å². The van der Waals surface area contributed by atoms with E-state index in [4.69, 9.17) is 19.8 Å². The van der Waals surface area contributed by atoms with Gasteiger partial charge in [0.1, 0.15) is 19.0 Å². The van der Waals surface area contributed by atoms with E-state index in [0.29, 0.717) is 83.3 Å². The second-order valence-corrected chi connectivity index (χ2v) is 22.0. The first-order valence-corrected chi connectivity index (χ1v) is 28.8. The average Bonchev–Trinajstić information content (AvgIpc) is 4.40. The molecule has 3 aromatic rings. The molecule has 6 atom stereocenters. The van der Waals surface area contributed by atoms with Crippen LogP contribution in [0.1, 0.15) is 200 Å². The summed E-state index contributed by atoms with van der Waals surface area (Å²) in [5.41, 5.74) is 2.94. The number of benzene rings is 3. The lowest BCUT2D eigenvalue weighted by Gasteiger charge is -2.15. The van der Waals surface area contributed by atoms with Crippen molar-refractivity contribution in [3.63, 3.8) is 0 Å². The van der Waals surface area contributed by atoms with Gasteiger partial charge in [0.2, 0.25) is 0 Å². The summed E-state index contributed by atoms with van der Waals surface area (Å²) in [4.78, 5) is 120. The number of ether oxygens (including phenoxy) is 2. The molecule has 82 heavy (non-hydrogen) atoms. The van der Waals surface area contributed by atoms with E-state index in [-0.39, 0.29) is 91.2 Å². The molecule has 20 nitrogen and oxygen atoms in total. The Labute approximate surface area is 481 Å². The predicted molar refractivity (Wildman–Crippen MR) is 307 cm³/mol. The number of unbranched alkanes of at least 4 members (excludes halogenated alkanes) is 9. The first-order valence-electron chi connectivity index (χ1n) is 28.8. The fourth-order valence-corrected chi connectivity index (χ4v) is 8.82. The van der Waals surface area contributed by atoms with Gasteiger partial charge in [-0.25, -0.2) is 5.26 Å². The van der Waals surface area contributed by atoms with Crippen molar-refractivity contribution >= 4 is 53.4 Å². The number of amides is 6. The lowest BCUT2D eigenvalue weighted by atomic mass is 10.1. The maximum absolute atomic E-state index is 12.6. The van der Waals surface area contributed by atoms with Crippen LogP contribution >= 0.6 is 0 Å². The molecule has 4 heterocycles. The maximum atomic E-state index is 12.6. The zero-order valence-electron chi connectivity index (χ0n) is 48.5. The number of rotatable bonds is 30. The highest BCUT2D eigenvalue weighted by molar-refractivity contribution is 6.02. The second-order valence-electron chi connectivity index (χ2n) is 22.0. The summed E-state index contributed by atoms with van der Waals surface area (Å²) >= 11 is 0. The first kappa shape index (κ1) is 65.2. The van der Waals surface area contributed by atoms with E-state index in [1.165, 1.54) is 0 Å². The fourth-order valence-electron chi connectivity index (χ4n) is 8.82. The number of carbonyl (C=O) groups excluding carboxylic acids is 8. The number of carboxylic acid groups (broad SMARTS) is 1. The topological polar surface area (TPSA) is 258 Å². The molecule has 6 amide bonds. The lowest BCUT2D eigenvalue weighted by molar-refractivity contribution is -0.205. The summed E-state index contributed by atoms with van der Waals surface area (Å²) in [6, 6.07) is 20.6. The summed E-state index contributed by atoms with van der Waals surface area (Å²) in [7, 11) is 0. The molecule has 0 aromatic heterocycles. The number of hydrogen-bond acceptors (Lipinski definition) is 13. The number of esters is 2. The number of carboxylic acids is 1. The number of allylic oxidation sites excluding steroid dienone is 1. The van der Waals surface area contributed by atoms with E-state index in [1.54, 1.807) is 106 Å². The van der Waals surface area contributed by atoms with Gasteiger partial charge in [-0.15, -0.1) is 0 Å². The molecule has 4 aliphatic rings. The summed E-state index contributed by atoms with van der Waals surface area (Å²) in [6.45, 7) is 18.2. The molecule has 4 N–H and O–H groups in total. The van der Waals surface area contributed by atoms with Crippen molar-refractivity contribution in [3.8, 4) is 0 Å². The van der Waals surface area contributed by atoms with Crippen molar-refractivity contribution in [2.45, 2.75) is 174 Å². The number of hydrogen-bond donors (Lipinski definition) is 4. The maximum Gasteiger partial charge on any atom is 0.305 e. The van der Waals surface area contributed by atoms with Crippen LogP contribution in [0.5, 0.6) is 0 Å². The van der Waals surface area contributed by atoms with Gasteiger partial charge in [-0.1, -0.05) is 69.7 Å². The Morgan fingerprint density at radius 1 is 0.476 bits per heavy atom. The van der Waals surface area contributed by atoms with Crippen LogP contribution in [-0.4, -0.2) is 159 Å². The van der Waals surface area contributed by atoms with Gasteiger partial charge in [0.05, 0.1) is 12.1 Å². The van der Waals surface area contributed by atoms with Gasteiger partial charge in [-0.2, -0.15) is 0 Å². The van der Waals surface area contributed by atoms with E-state index in [2.05, 4.69) is 22.1 Å². The van der Waals surface area contributed by atoms with Gasteiger partial charge in [0.15, 0.2) is 0 Å². The van der Waals surface area contributed by atoms with E-state index in [0.717, 1.165) is 84.0 Å². The van der Waals surface area contributed by atoms with Crippen LogP contribution in [0.15, 0.2) is 85.1 Å². The molecule has 4 fully saturated rings. The van der Waals surface area contributed by atoms with Gasteiger partial charge in [-0.3, -0.25) is 43.2 Å². The number of nitrogens with zero attached hydrogens (tertiary/aromatic N) is 4. The van der Waals surface area contributed by atoms with Crippen molar-refractivity contribution in [1.82, 2.24) is 30.2 Å². The van der Waals surface area contributed by atoms with Gasteiger partial charge >= 0.3 is 17.9 Å².